The van der Waals surface area contributed by atoms with Gasteiger partial charge in [-0.1, -0.05) is 31.9 Å². The van der Waals surface area contributed by atoms with Gasteiger partial charge in [-0.05, 0) is 12.5 Å². The van der Waals surface area contributed by atoms with Crippen LogP contribution in [0.3, 0.4) is 0 Å². The molecule has 0 heterocycles. The van der Waals surface area contributed by atoms with Crippen LogP contribution in [0.25, 0.3) is 0 Å². The van der Waals surface area contributed by atoms with E-state index in [0.29, 0.717) is 0 Å². The standard InChI is InChI=1S/C14H25NO/c1-4-7-8-13-16-14-9-12-15(10-5-2)11-6-3/h5-6,9,14H,2-4,7-8,10-13H2,1H3. The lowest BCUT2D eigenvalue weighted by Gasteiger charge is -2.15. The van der Waals surface area contributed by atoms with Crippen LogP contribution in [-0.2, 0) is 4.74 Å². The molecule has 0 rings (SSSR count). The zero-order valence-corrected chi connectivity index (χ0v) is 10.5. The van der Waals surface area contributed by atoms with E-state index in [9.17, 15) is 0 Å². The molecule has 0 radical (unpaired) electrons. The van der Waals surface area contributed by atoms with Gasteiger partial charge in [0.05, 0.1) is 12.9 Å². The zero-order valence-electron chi connectivity index (χ0n) is 10.5. The Hall–Kier alpha value is -1.02. The summed E-state index contributed by atoms with van der Waals surface area (Å²) in [6, 6.07) is 0. The number of hydrogen-bond acceptors (Lipinski definition) is 2. The molecule has 0 bridgehead atoms. The van der Waals surface area contributed by atoms with E-state index in [1.807, 2.05) is 18.2 Å². The van der Waals surface area contributed by atoms with Crippen molar-refractivity contribution < 1.29 is 4.74 Å². The Balaban J connectivity index is 3.53. The van der Waals surface area contributed by atoms with Gasteiger partial charge in [0.15, 0.2) is 0 Å². The van der Waals surface area contributed by atoms with Crippen molar-refractivity contribution >= 4 is 0 Å². The molecular weight excluding hydrogens is 198 g/mol. The summed E-state index contributed by atoms with van der Waals surface area (Å²) < 4.78 is 5.38. The van der Waals surface area contributed by atoms with E-state index in [-0.39, 0.29) is 0 Å². The van der Waals surface area contributed by atoms with Crippen molar-refractivity contribution in [2.45, 2.75) is 26.2 Å². The van der Waals surface area contributed by atoms with Crippen molar-refractivity contribution in [1.82, 2.24) is 4.90 Å². The molecule has 0 aromatic rings. The fourth-order valence-electron chi connectivity index (χ4n) is 1.35. The van der Waals surface area contributed by atoms with Crippen molar-refractivity contribution in [2.75, 3.05) is 26.2 Å². The van der Waals surface area contributed by atoms with Gasteiger partial charge in [-0.25, -0.2) is 0 Å². The molecule has 0 aromatic carbocycles. The van der Waals surface area contributed by atoms with E-state index in [4.69, 9.17) is 4.74 Å². The van der Waals surface area contributed by atoms with Crippen LogP contribution in [-0.4, -0.2) is 31.1 Å². The van der Waals surface area contributed by atoms with Gasteiger partial charge in [-0.3, -0.25) is 4.90 Å². The van der Waals surface area contributed by atoms with E-state index in [2.05, 4.69) is 25.0 Å². The van der Waals surface area contributed by atoms with Gasteiger partial charge in [0.25, 0.3) is 0 Å². The summed E-state index contributed by atoms with van der Waals surface area (Å²) in [5.41, 5.74) is 0. The van der Waals surface area contributed by atoms with Crippen molar-refractivity contribution in [3.8, 4) is 0 Å². The Kier molecular flexibility index (Phi) is 11.3. The molecule has 0 N–H and O–H groups in total. The Labute approximate surface area is 100 Å². The number of rotatable bonds is 11. The average Bonchev–Trinajstić information content (AvgIpc) is 2.28. The van der Waals surface area contributed by atoms with Crippen LogP contribution in [0.1, 0.15) is 26.2 Å². The first-order valence-electron chi connectivity index (χ1n) is 6.05. The SMILES string of the molecule is C=CCN(CC=C)CC=COCCCCC. The van der Waals surface area contributed by atoms with Crippen LogP contribution in [0, 0.1) is 0 Å². The highest BCUT2D eigenvalue weighted by atomic mass is 16.5. The van der Waals surface area contributed by atoms with Crippen molar-refractivity contribution in [2.24, 2.45) is 0 Å². The maximum atomic E-state index is 5.38. The summed E-state index contributed by atoms with van der Waals surface area (Å²) in [6.07, 6.45) is 11.3. The highest BCUT2D eigenvalue weighted by Gasteiger charge is 1.95. The van der Waals surface area contributed by atoms with Crippen LogP contribution >= 0.6 is 0 Å². The number of nitrogens with zero attached hydrogens (tertiary/aromatic N) is 1. The van der Waals surface area contributed by atoms with E-state index < -0.39 is 0 Å². The normalized spacial score (nSPS) is 10.9. The first-order valence-corrected chi connectivity index (χ1v) is 6.05. The molecular formula is C14H25NO. The molecule has 0 atom stereocenters. The van der Waals surface area contributed by atoms with Gasteiger partial charge >= 0.3 is 0 Å². The van der Waals surface area contributed by atoms with Gasteiger partial charge in [0.2, 0.25) is 0 Å². The molecule has 0 unspecified atom stereocenters. The largest absolute Gasteiger partial charge is 0.501 e. The van der Waals surface area contributed by atoms with Crippen LogP contribution < -0.4 is 0 Å². The predicted octanol–water partition coefficient (Wildman–Crippen LogP) is 3.38. The highest BCUT2D eigenvalue weighted by molar-refractivity contribution is 4.85. The molecule has 0 saturated carbocycles. The van der Waals surface area contributed by atoms with Crippen LogP contribution in [0.2, 0.25) is 0 Å². The highest BCUT2D eigenvalue weighted by Crippen LogP contribution is 1.95. The monoisotopic (exact) mass is 223 g/mol. The lowest BCUT2D eigenvalue weighted by atomic mass is 10.3. The summed E-state index contributed by atoms with van der Waals surface area (Å²) >= 11 is 0. The summed E-state index contributed by atoms with van der Waals surface area (Å²) in [7, 11) is 0. The van der Waals surface area contributed by atoms with Crippen LogP contribution in [0.15, 0.2) is 37.6 Å². The Morgan fingerprint density at radius 3 is 2.31 bits per heavy atom. The molecule has 0 saturated heterocycles. The second kappa shape index (κ2) is 12.1. The third-order valence-corrected chi connectivity index (χ3v) is 2.20. The van der Waals surface area contributed by atoms with Crippen LogP contribution in [0.5, 0.6) is 0 Å². The van der Waals surface area contributed by atoms with E-state index >= 15 is 0 Å². The fraction of sp³-hybridized carbons (Fsp3) is 0.571. The second-order valence-corrected chi connectivity index (χ2v) is 3.75. The second-order valence-electron chi connectivity index (χ2n) is 3.75. The van der Waals surface area contributed by atoms with Gasteiger partial charge < -0.3 is 4.74 Å². The minimum Gasteiger partial charge on any atom is -0.501 e. The third kappa shape index (κ3) is 9.53. The van der Waals surface area contributed by atoms with Crippen molar-refractivity contribution in [3.05, 3.63) is 37.6 Å². The molecule has 0 aromatic heterocycles. The zero-order chi connectivity index (χ0) is 12.1. The fourth-order valence-corrected chi connectivity index (χ4v) is 1.35. The molecule has 92 valence electrons. The van der Waals surface area contributed by atoms with Crippen LogP contribution in [0.4, 0.5) is 0 Å². The smallest absolute Gasteiger partial charge is 0.0873 e. The first kappa shape index (κ1) is 15.0. The summed E-state index contributed by atoms with van der Waals surface area (Å²) in [6.45, 7) is 13.1. The van der Waals surface area contributed by atoms with Crippen molar-refractivity contribution in [3.63, 3.8) is 0 Å². The molecule has 2 nitrogen and oxygen atoms in total. The molecule has 2 heteroatoms. The third-order valence-electron chi connectivity index (χ3n) is 2.20. The Morgan fingerprint density at radius 1 is 1.06 bits per heavy atom. The molecule has 0 spiro atoms. The summed E-state index contributed by atoms with van der Waals surface area (Å²) in [5.74, 6) is 0. The number of ether oxygens (including phenoxy) is 1. The van der Waals surface area contributed by atoms with E-state index in [1.54, 1.807) is 6.26 Å². The molecule has 0 aliphatic carbocycles. The lowest BCUT2D eigenvalue weighted by molar-refractivity contribution is 0.238. The quantitative estimate of drug-likeness (QED) is 0.302. The van der Waals surface area contributed by atoms with E-state index in [1.165, 1.54) is 12.8 Å². The number of hydrogen-bond donors (Lipinski definition) is 0. The maximum Gasteiger partial charge on any atom is 0.0873 e. The summed E-state index contributed by atoms with van der Waals surface area (Å²) in [4.78, 5) is 2.23. The minimum atomic E-state index is 0.827. The average molecular weight is 223 g/mol. The molecule has 0 fully saturated rings. The minimum absolute atomic E-state index is 0.827. The topological polar surface area (TPSA) is 12.5 Å². The van der Waals surface area contributed by atoms with Crippen molar-refractivity contribution in [1.29, 1.82) is 0 Å². The predicted molar refractivity (Wildman–Crippen MR) is 71.5 cm³/mol. The van der Waals surface area contributed by atoms with Gasteiger partial charge in [-0.15, -0.1) is 13.2 Å². The Morgan fingerprint density at radius 2 is 1.75 bits per heavy atom. The van der Waals surface area contributed by atoms with Gasteiger partial charge in [0, 0.05) is 19.6 Å². The molecule has 16 heavy (non-hydrogen) atoms. The lowest BCUT2D eigenvalue weighted by Crippen LogP contribution is -2.23. The first-order chi connectivity index (χ1) is 7.85. The summed E-state index contributed by atoms with van der Waals surface area (Å²) in [5, 5.41) is 0. The maximum absolute atomic E-state index is 5.38. The molecule has 0 aliphatic rings. The van der Waals surface area contributed by atoms with E-state index in [0.717, 1.165) is 32.7 Å². The number of unbranched alkanes of at least 4 members (excludes halogenated alkanes) is 2. The van der Waals surface area contributed by atoms with Gasteiger partial charge in [0.1, 0.15) is 0 Å². The Bertz CT molecular complexity index is 189. The molecule has 0 aliphatic heterocycles. The molecule has 0 amide bonds. The van der Waals surface area contributed by atoms with Gasteiger partial charge in [-0.2, -0.15) is 0 Å².